The van der Waals surface area contributed by atoms with E-state index in [1.54, 1.807) is 12.1 Å². The molecule has 0 radical (unpaired) electrons. The highest BCUT2D eigenvalue weighted by Gasteiger charge is 2.10. The van der Waals surface area contributed by atoms with Crippen molar-refractivity contribution in [2.45, 2.75) is 20.3 Å². The molecule has 0 bridgehead atoms. The molecule has 1 aromatic rings. The third-order valence-corrected chi connectivity index (χ3v) is 3.17. The average molecular weight is 297 g/mol. The standard InChI is InChI=1S/C13H19N3O3S/c1-11(2)10-15-20(18,19)16-13-9-12(6-7-14-13)5-3-4-8-17/h6-7,9,11,15,17H,4,8,10H2,1-2H3,(H,14,16). The molecule has 0 amide bonds. The van der Waals surface area contributed by atoms with Crippen molar-refractivity contribution in [3.8, 4) is 11.8 Å². The first-order valence-corrected chi connectivity index (χ1v) is 7.74. The maximum absolute atomic E-state index is 11.7. The fourth-order valence-electron chi connectivity index (χ4n) is 1.23. The van der Waals surface area contributed by atoms with Gasteiger partial charge in [-0.15, -0.1) is 0 Å². The number of anilines is 1. The zero-order valence-corrected chi connectivity index (χ0v) is 12.4. The van der Waals surface area contributed by atoms with Crippen molar-refractivity contribution < 1.29 is 13.5 Å². The van der Waals surface area contributed by atoms with E-state index in [9.17, 15) is 8.42 Å². The fourth-order valence-corrected chi connectivity index (χ4v) is 2.25. The van der Waals surface area contributed by atoms with Crippen LogP contribution >= 0.6 is 0 Å². The average Bonchev–Trinajstić information content (AvgIpc) is 2.37. The van der Waals surface area contributed by atoms with Crippen LogP contribution in [0, 0.1) is 17.8 Å². The lowest BCUT2D eigenvalue weighted by Crippen LogP contribution is -2.33. The SMILES string of the molecule is CC(C)CNS(=O)(=O)Nc1cc(C#CCCO)ccn1. The molecule has 0 fully saturated rings. The van der Waals surface area contributed by atoms with Crippen molar-refractivity contribution in [3.63, 3.8) is 0 Å². The van der Waals surface area contributed by atoms with E-state index in [0.29, 0.717) is 18.5 Å². The molecule has 7 heteroatoms. The lowest BCUT2D eigenvalue weighted by Gasteiger charge is -2.10. The second-order valence-electron chi connectivity index (χ2n) is 4.55. The highest BCUT2D eigenvalue weighted by atomic mass is 32.2. The monoisotopic (exact) mass is 297 g/mol. The summed E-state index contributed by atoms with van der Waals surface area (Å²) in [7, 11) is -3.62. The highest BCUT2D eigenvalue weighted by molar-refractivity contribution is 7.90. The van der Waals surface area contributed by atoms with Gasteiger partial charge in [0.25, 0.3) is 10.2 Å². The maximum Gasteiger partial charge on any atom is 0.300 e. The van der Waals surface area contributed by atoms with Gasteiger partial charge in [0, 0.05) is 24.7 Å². The van der Waals surface area contributed by atoms with E-state index < -0.39 is 10.2 Å². The summed E-state index contributed by atoms with van der Waals surface area (Å²) in [5.41, 5.74) is 0.634. The highest BCUT2D eigenvalue weighted by Crippen LogP contribution is 2.07. The molecule has 3 N–H and O–H groups in total. The molecule has 110 valence electrons. The molecule has 0 unspecified atom stereocenters. The minimum atomic E-state index is -3.62. The number of aromatic nitrogens is 1. The molecule has 0 saturated heterocycles. The van der Waals surface area contributed by atoms with Gasteiger partial charge in [-0.2, -0.15) is 13.1 Å². The van der Waals surface area contributed by atoms with Gasteiger partial charge in [-0.3, -0.25) is 4.72 Å². The van der Waals surface area contributed by atoms with Crippen molar-refractivity contribution in [2.24, 2.45) is 5.92 Å². The van der Waals surface area contributed by atoms with Crippen molar-refractivity contribution >= 4 is 16.0 Å². The van der Waals surface area contributed by atoms with Gasteiger partial charge >= 0.3 is 0 Å². The van der Waals surface area contributed by atoms with Crippen LogP contribution in [0.1, 0.15) is 25.8 Å². The third-order valence-electron chi connectivity index (χ3n) is 2.15. The van der Waals surface area contributed by atoms with Crippen LogP contribution in [-0.4, -0.2) is 31.7 Å². The van der Waals surface area contributed by atoms with Gasteiger partial charge in [-0.05, 0) is 18.1 Å². The molecule has 6 nitrogen and oxygen atoms in total. The third kappa shape index (κ3) is 6.52. The van der Waals surface area contributed by atoms with Crippen molar-refractivity contribution in [1.29, 1.82) is 0 Å². The number of nitrogens with one attached hydrogen (secondary N) is 2. The molecule has 0 atom stereocenters. The Hall–Kier alpha value is -1.62. The quantitative estimate of drug-likeness (QED) is 0.675. The topological polar surface area (TPSA) is 91.3 Å². The number of nitrogens with zero attached hydrogens (tertiary/aromatic N) is 1. The second kappa shape index (κ2) is 7.85. The van der Waals surface area contributed by atoms with Gasteiger partial charge in [-0.1, -0.05) is 25.7 Å². The van der Waals surface area contributed by atoms with E-state index in [4.69, 9.17) is 5.11 Å². The summed E-state index contributed by atoms with van der Waals surface area (Å²) in [5.74, 6) is 6.00. The van der Waals surface area contributed by atoms with Gasteiger partial charge in [-0.25, -0.2) is 4.98 Å². The van der Waals surface area contributed by atoms with E-state index in [0.717, 1.165) is 0 Å². The molecule has 1 aromatic heterocycles. The number of aliphatic hydroxyl groups is 1. The molecule has 0 aliphatic rings. The molecule has 0 aliphatic carbocycles. The molecule has 1 heterocycles. The Labute approximate surface area is 119 Å². The van der Waals surface area contributed by atoms with Crippen LogP contribution in [0.2, 0.25) is 0 Å². The Balaban J connectivity index is 2.73. The van der Waals surface area contributed by atoms with E-state index in [1.165, 1.54) is 6.20 Å². The summed E-state index contributed by atoms with van der Waals surface area (Å²) in [5, 5.41) is 8.64. The molecule has 0 saturated carbocycles. The van der Waals surface area contributed by atoms with E-state index in [1.807, 2.05) is 13.8 Å². The zero-order chi connectivity index (χ0) is 15.0. The van der Waals surface area contributed by atoms with Gasteiger partial charge < -0.3 is 5.11 Å². The smallest absolute Gasteiger partial charge is 0.300 e. The predicted molar refractivity (Wildman–Crippen MR) is 78.2 cm³/mol. The van der Waals surface area contributed by atoms with Crippen molar-refractivity contribution in [3.05, 3.63) is 23.9 Å². The first-order valence-electron chi connectivity index (χ1n) is 6.26. The minimum absolute atomic E-state index is 0.00328. The number of hydrogen-bond acceptors (Lipinski definition) is 4. The molecule has 20 heavy (non-hydrogen) atoms. The Kier molecular flexibility index (Phi) is 6.45. The maximum atomic E-state index is 11.7. The van der Waals surface area contributed by atoms with Gasteiger partial charge in [0.2, 0.25) is 0 Å². The van der Waals surface area contributed by atoms with Crippen molar-refractivity contribution in [1.82, 2.24) is 9.71 Å². The summed E-state index contributed by atoms with van der Waals surface area (Å²) in [6.45, 7) is 4.18. The lowest BCUT2D eigenvalue weighted by molar-refractivity contribution is 0.305. The number of aliphatic hydroxyl groups excluding tert-OH is 1. The Bertz CT molecular complexity index is 588. The van der Waals surface area contributed by atoms with E-state index >= 15 is 0 Å². The lowest BCUT2D eigenvalue weighted by atomic mass is 10.2. The predicted octanol–water partition coefficient (Wildman–Crippen LogP) is 0.718. The van der Waals surface area contributed by atoms with Gasteiger partial charge in [0.05, 0.1) is 6.61 Å². The first-order chi connectivity index (χ1) is 9.43. The Morgan fingerprint density at radius 3 is 2.85 bits per heavy atom. The second-order valence-corrected chi connectivity index (χ2v) is 6.05. The number of rotatable bonds is 6. The number of pyridine rings is 1. The molecular formula is C13H19N3O3S. The van der Waals surface area contributed by atoms with Crippen LogP contribution in [0.5, 0.6) is 0 Å². The fraction of sp³-hybridized carbons (Fsp3) is 0.462. The Morgan fingerprint density at radius 1 is 1.45 bits per heavy atom. The van der Waals surface area contributed by atoms with Gasteiger partial charge in [0.15, 0.2) is 0 Å². The summed E-state index contributed by atoms with van der Waals surface area (Å²) in [4.78, 5) is 3.93. The van der Waals surface area contributed by atoms with Crippen molar-refractivity contribution in [2.75, 3.05) is 17.9 Å². The van der Waals surface area contributed by atoms with Crippen LogP contribution in [0.3, 0.4) is 0 Å². The first kappa shape index (κ1) is 16.4. The molecular weight excluding hydrogens is 278 g/mol. The molecule has 1 rings (SSSR count). The van der Waals surface area contributed by atoms with Gasteiger partial charge in [0.1, 0.15) is 5.82 Å². The largest absolute Gasteiger partial charge is 0.395 e. The Morgan fingerprint density at radius 2 is 2.20 bits per heavy atom. The minimum Gasteiger partial charge on any atom is -0.395 e. The molecule has 0 aliphatic heterocycles. The summed E-state index contributed by atoms with van der Waals surface area (Å²) in [6, 6.07) is 3.21. The number of hydrogen-bond donors (Lipinski definition) is 3. The molecule has 0 aromatic carbocycles. The summed E-state index contributed by atoms with van der Waals surface area (Å²) < 4.78 is 28.3. The van der Waals surface area contributed by atoms with Crippen LogP contribution < -0.4 is 9.44 Å². The molecule has 0 spiro atoms. The van der Waals surface area contributed by atoms with E-state index in [-0.39, 0.29) is 18.3 Å². The summed E-state index contributed by atoms with van der Waals surface area (Å²) in [6.07, 6.45) is 1.85. The van der Waals surface area contributed by atoms with Crippen LogP contribution in [0.25, 0.3) is 0 Å². The van der Waals surface area contributed by atoms with Crippen LogP contribution in [0.4, 0.5) is 5.82 Å². The van der Waals surface area contributed by atoms with Crippen LogP contribution in [-0.2, 0) is 10.2 Å². The van der Waals surface area contributed by atoms with E-state index in [2.05, 4.69) is 26.3 Å². The summed E-state index contributed by atoms with van der Waals surface area (Å²) >= 11 is 0. The normalized spacial score (nSPS) is 11.0. The van der Waals surface area contributed by atoms with Crippen LogP contribution in [0.15, 0.2) is 18.3 Å². The zero-order valence-electron chi connectivity index (χ0n) is 11.5.